The molecular weight excluding hydrogens is 224 g/mol. The Hall–Kier alpha value is -1.82. The average Bonchev–Trinajstić information content (AvgIpc) is 2.39. The molecule has 0 heterocycles. The Morgan fingerprint density at radius 1 is 1.33 bits per heavy atom. The van der Waals surface area contributed by atoms with Crippen LogP contribution in [0.5, 0.6) is 0 Å². The minimum absolute atomic E-state index is 0.0291. The second kappa shape index (κ2) is 5.68. The monoisotopic (exact) mass is 242 g/mol. The summed E-state index contributed by atoms with van der Waals surface area (Å²) in [5.74, 6) is 0.670. The van der Waals surface area contributed by atoms with E-state index in [1.165, 1.54) is 12.8 Å². The van der Waals surface area contributed by atoms with Gasteiger partial charge in [-0.05, 0) is 43.0 Å². The Bertz CT molecular complexity index is 458. The van der Waals surface area contributed by atoms with Crippen molar-refractivity contribution in [3.63, 3.8) is 0 Å². The largest absolute Gasteiger partial charge is 0.349 e. The zero-order valence-electron chi connectivity index (χ0n) is 10.6. The number of nitrogens with zero attached hydrogens (tertiary/aromatic N) is 1. The standard InChI is InChI=1S/C15H18N2O/c1-11-3-2-4-14(9-11)17-15(18)13-7-5-12(10-16)6-8-13/h5-8,11,14H,2-4,9H2,1H3,(H,17,18). The zero-order chi connectivity index (χ0) is 13.0. The van der Waals surface area contributed by atoms with E-state index in [2.05, 4.69) is 12.2 Å². The van der Waals surface area contributed by atoms with Crippen molar-refractivity contribution in [2.45, 2.75) is 38.6 Å². The summed E-state index contributed by atoms with van der Waals surface area (Å²) < 4.78 is 0. The van der Waals surface area contributed by atoms with Gasteiger partial charge >= 0.3 is 0 Å². The smallest absolute Gasteiger partial charge is 0.251 e. The fraction of sp³-hybridized carbons (Fsp3) is 0.467. The zero-order valence-corrected chi connectivity index (χ0v) is 10.6. The van der Waals surface area contributed by atoms with E-state index in [1.54, 1.807) is 24.3 Å². The third-order valence-corrected chi connectivity index (χ3v) is 3.55. The molecule has 2 rings (SSSR count). The summed E-state index contributed by atoms with van der Waals surface area (Å²) in [6, 6.07) is 9.13. The van der Waals surface area contributed by atoms with Crippen LogP contribution in [0.25, 0.3) is 0 Å². The topological polar surface area (TPSA) is 52.9 Å². The van der Waals surface area contributed by atoms with Crippen molar-refractivity contribution in [3.05, 3.63) is 35.4 Å². The molecule has 0 radical (unpaired) electrons. The van der Waals surface area contributed by atoms with Gasteiger partial charge in [0.1, 0.15) is 0 Å². The third kappa shape index (κ3) is 3.10. The highest BCUT2D eigenvalue weighted by Gasteiger charge is 2.20. The minimum atomic E-state index is -0.0291. The van der Waals surface area contributed by atoms with Crippen LogP contribution >= 0.6 is 0 Å². The number of nitrogens with one attached hydrogen (secondary N) is 1. The molecule has 1 saturated carbocycles. The van der Waals surface area contributed by atoms with Crippen LogP contribution in [0.2, 0.25) is 0 Å². The van der Waals surface area contributed by atoms with Gasteiger partial charge in [-0.1, -0.05) is 19.8 Å². The fourth-order valence-electron chi connectivity index (χ4n) is 2.53. The van der Waals surface area contributed by atoms with E-state index in [4.69, 9.17) is 5.26 Å². The maximum Gasteiger partial charge on any atom is 0.251 e. The maximum absolute atomic E-state index is 12.0. The lowest BCUT2D eigenvalue weighted by Crippen LogP contribution is -2.37. The molecule has 2 unspecified atom stereocenters. The third-order valence-electron chi connectivity index (χ3n) is 3.55. The van der Waals surface area contributed by atoms with Gasteiger partial charge in [0, 0.05) is 11.6 Å². The normalized spacial score (nSPS) is 23.1. The molecule has 1 fully saturated rings. The summed E-state index contributed by atoms with van der Waals surface area (Å²) in [6.07, 6.45) is 4.61. The highest BCUT2D eigenvalue weighted by Crippen LogP contribution is 2.23. The van der Waals surface area contributed by atoms with Crippen molar-refractivity contribution in [2.24, 2.45) is 5.92 Å². The molecule has 0 bridgehead atoms. The van der Waals surface area contributed by atoms with Crippen LogP contribution < -0.4 is 5.32 Å². The van der Waals surface area contributed by atoms with E-state index in [0.717, 1.165) is 12.8 Å². The van der Waals surface area contributed by atoms with Crippen LogP contribution in [0, 0.1) is 17.2 Å². The average molecular weight is 242 g/mol. The molecule has 1 aliphatic rings. The highest BCUT2D eigenvalue weighted by atomic mass is 16.1. The van der Waals surface area contributed by atoms with E-state index in [9.17, 15) is 4.79 Å². The van der Waals surface area contributed by atoms with Gasteiger partial charge in [0.25, 0.3) is 5.91 Å². The van der Waals surface area contributed by atoms with E-state index in [0.29, 0.717) is 23.1 Å². The number of carbonyl (C=O) groups is 1. The van der Waals surface area contributed by atoms with E-state index in [1.807, 2.05) is 6.07 Å². The predicted molar refractivity (Wildman–Crippen MR) is 70.0 cm³/mol. The second-order valence-electron chi connectivity index (χ2n) is 5.13. The van der Waals surface area contributed by atoms with Crippen LogP contribution in [0.1, 0.15) is 48.5 Å². The number of hydrogen-bond donors (Lipinski definition) is 1. The molecular formula is C15H18N2O. The number of carbonyl (C=O) groups excluding carboxylic acids is 1. The lowest BCUT2D eigenvalue weighted by atomic mass is 9.87. The summed E-state index contributed by atoms with van der Waals surface area (Å²) in [5.41, 5.74) is 1.21. The van der Waals surface area contributed by atoms with Gasteiger partial charge in [-0.3, -0.25) is 4.79 Å². The summed E-state index contributed by atoms with van der Waals surface area (Å²) in [5, 5.41) is 11.8. The second-order valence-corrected chi connectivity index (χ2v) is 5.13. The molecule has 1 aliphatic carbocycles. The summed E-state index contributed by atoms with van der Waals surface area (Å²) >= 11 is 0. The first kappa shape index (κ1) is 12.6. The van der Waals surface area contributed by atoms with Crippen molar-refractivity contribution in [1.82, 2.24) is 5.32 Å². The van der Waals surface area contributed by atoms with Gasteiger partial charge < -0.3 is 5.32 Å². The summed E-state index contributed by atoms with van der Waals surface area (Å²) in [6.45, 7) is 2.24. The predicted octanol–water partition coefficient (Wildman–Crippen LogP) is 2.87. The van der Waals surface area contributed by atoms with Gasteiger partial charge in [-0.2, -0.15) is 5.26 Å². The Morgan fingerprint density at radius 2 is 2.06 bits per heavy atom. The van der Waals surface area contributed by atoms with Crippen molar-refractivity contribution >= 4 is 5.91 Å². The highest BCUT2D eigenvalue weighted by molar-refractivity contribution is 5.94. The molecule has 0 saturated heterocycles. The van der Waals surface area contributed by atoms with Gasteiger partial charge in [0.15, 0.2) is 0 Å². The molecule has 2 atom stereocenters. The first-order chi connectivity index (χ1) is 8.69. The molecule has 1 amide bonds. The lowest BCUT2D eigenvalue weighted by molar-refractivity contribution is 0.0921. The Labute approximate surface area is 108 Å². The summed E-state index contributed by atoms with van der Waals surface area (Å²) in [7, 11) is 0. The van der Waals surface area contributed by atoms with Crippen LogP contribution in [-0.2, 0) is 0 Å². The number of hydrogen-bond acceptors (Lipinski definition) is 2. The minimum Gasteiger partial charge on any atom is -0.349 e. The SMILES string of the molecule is CC1CCCC(NC(=O)c2ccc(C#N)cc2)C1. The molecule has 3 nitrogen and oxygen atoms in total. The molecule has 0 spiro atoms. The number of nitriles is 1. The molecule has 94 valence electrons. The fourth-order valence-corrected chi connectivity index (χ4v) is 2.53. The molecule has 0 aliphatic heterocycles. The van der Waals surface area contributed by atoms with Crippen molar-refractivity contribution in [1.29, 1.82) is 5.26 Å². The summed E-state index contributed by atoms with van der Waals surface area (Å²) in [4.78, 5) is 12.0. The first-order valence-corrected chi connectivity index (χ1v) is 6.50. The lowest BCUT2D eigenvalue weighted by Gasteiger charge is -2.27. The molecule has 0 aromatic heterocycles. The molecule has 3 heteroatoms. The van der Waals surface area contributed by atoms with Crippen LogP contribution in [-0.4, -0.2) is 11.9 Å². The van der Waals surface area contributed by atoms with Gasteiger partial charge in [0.2, 0.25) is 0 Å². The quantitative estimate of drug-likeness (QED) is 0.867. The van der Waals surface area contributed by atoms with Gasteiger partial charge in [-0.15, -0.1) is 0 Å². The van der Waals surface area contributed by atoms with Gasteiger partial charge in [-0.25, -0.2) is 0 Å². The molecule has 18 heavy (non-hydrogen) atoms. The van der Waals surface area contributed by atoms with Crippen molar-refractivity contribution < 1.29 is 4.79 Å². The number of benzene rings is 1. The molecule has 1 N–H and O–H groups in total. The van der Waals surface area contributed by atoms with E-state index in [-0.39, 0.29) is 5.91 Å². The van der Waals surface area contributed by atoms with Crippen molar-refractivity contribution in [2.75, 3.05) is 0 Å². The Balaban J connectivity index is 1.96. The first-order valence-electron chi connectivity index (χ1n) is 6.50. The maximum atomic E-state index is 12.0. The van der Waals surface area contributed by atoms with Crippen LogP contribution in [0.15, 0.2) is 24.3 Å². The van der Waals surface area contributed by atoms with E-state index < -0.39 is 0 Å². The Kier molecular flexibility index (Phi) is 3.99. The number of amides is 1. The Morgan fingerprint density at radius 3 is 2.67 bits per heavy atom. The molecule has 1 aromatic carbocycles. The van der Waals surface area contributed by atoms with Crippen LogP contribution in [0.4, 0.5) is 0 Å². The van der Waals surface area contributed by atoms with Gasteiger partial charge in [0.05, 0.1) is 11.6 Å². The van der Waals surface area contributed by atoms with Crippen LogP contribution in [0.3, 0.4) is 0 Å². The van der Waals surface area contributed by atoms with E-state index >= 15 is 0 Å². The number of rotatable bonds is 2. The molecule has 1 aromatic rings. The van der Waals surface area contributed by atoms with Crippen molar-refractivity contribution in [3.8, 4) is 6.07 Å².